The van der Waals surface area contributed by atoms with Gasteiger partial charge in [-0.2, -0.15) is 0 Å². The highest BCUT2D eigenvalue weighted by Crippen LogP contribution is 2.27. The van der Waals surface area contributed by atoms with Crippen molar-refractivity contribution in [3.05, 3.63) is 107 Å². The van der Waals surface area contributed by atoms with Gasteiger partial charge >= 0.3 is 0 Å². The summed E-state index contributed by atoms with van der Waals surface area (Å²) < 4.78 is 26.8. The molecule has 31 heavy (non-hydrogen) atoms. The lowest BCUT2D eigenvalue weighted by atomic mass is 9.90. The molecule has 0 radical (unpaired) electrons. The molecule has 1 fully saturated rings. The van der Waals surface area contributed by atoms with Gasteiger partial charge in [-0.15, -0.1) is 0 Å². The number of carbonyl (C=O) groups is 1. The summed E-state index contributed by atoms with van der Waals surface area (Å²) in [5.74, 6) is -1.88. The van der Waals surface area contributed by atoms with Crippen molar-refractivity contribution in [3.8, 4) is 0 Å². The zero-order chi connectivity index (χ0) is 21.6. The monoisotopic (exact) mass is 420 g/mol. The highest BCUT2D eigenvalue weighted by molar-refractivity contribution is 5.87. The van der Waals surface area contributed by atoms with Gasteiger partial charge in [0.2, 0.25) is 5.91 Å². The molecule has 160 valence electrons. The van der Waals surface area contributed by atoms with Crippen molar-refractivity contribution in [2.45, 2.75) is 18.9 Å². The zero-order valence-corrected chi connectivity index (χ0v) is 17.4. The first-order valence-corrected chi connectivity index (χ1v) is 10.7. The maximum Gasteiger partial charge on any atom is 0.234 e. The first-order chi connectivity index (χ1) is 15.1. The lowest BCUT2D eigenvalue weighted by Crippen LogP contribution is -2.38. The Morgan fingerprint density at radius 1 is 0.774 bits per heavy atom. The van der Waals surface area contributed by atoms with Crippen LogP contribution in [-0.2, 0) is 11.3 Å². The quantitative estimate of drug-likeness (QED) is 0.590. The van der Waals surface area contributed by atoms with Crippen molar-refractivity contribution in [3.63, 3.8) is 0 Å². The van der Waals surface area contributed by atoms with Crippen molar-refractivity contribution in [1.82, 2.24) is 9.80 Å². The summed E-state index contributed by atoms with van der Waals surface area (Å²) in [6.45, 7) is 3.34. The number of carbonyl (C=O) groups excluding carboxylic acids is 1. The van der Waals surface area contributed by atoms with Gasteiger partial charge in [0.15, 0.2) is 11.6 Å². The van der Waals surface area contributed by atoms with Crippen LogP contribution >= 0.6 is 0 Å². The van der Waals surface area contributed by atoms with E-state index in [4.69, 9.17) is 0 Å². The van der Waals surface area contributed by atoms with Crippen molar-refractivity contribution >= 4 is 5.91 Å². The third-order valence-electron chi connectivity index (χ3n) is 5.80. The van der Waals surface area contributed by atoms with Crippen LogP contribution in [0.5, 0.6) is 0 Å². The molecule has 1 heterocycles. The zero-order valence-electron chi connectivity index (χ0n) is 17.4. The van der Waals surface area contributed by atoms with Gasteiger partial charge in [0.1, 0.15) is 0 Å². The van der Waals surface area contributed by atoms with Crippen LogP contribution in [0.25, 0.3) is 0 Å². The summed E-state index contributed by atoms with van der Waals surface area (Å²) in [6, 6.07) is 23.8. The number of amides is 1. The average Bonchev–Trinajstić information content (AvgIpc) is 3.03. The van der Waals surface area contributed by atoms with Crippen LogP contribution in [0, 0.1) is 11.6 Å². The molecule has 1 aliphatic rings. The second kappa shape index (κ2) is 9.84. The van der Waals surface area contributed by atoms with Crippen molar-refractivity contribution in [1.29, 1.82) is 0 Å². The fourth-order valence-corrected chi connectivity index (χ4v) is 4.20. The molecule has 1 aliphatic heterocycles. The molecular weight excluding hydrogens is 394 g/mol. The molecule has 0 bridgehead atoms. The molecule has 0 unspecified atom stereocenters. The smallest absolute Gasteiger partial charge is 0.234 e. The van der Waals surface area contributed by atoms with Gasteiger partial charge in [-0.1, -0.05) is 66.7 Å². The summed E-state index contributed by atoms with van der Waals surface area (Å²) >= 11 is 0. The number of rotatable bonds is 5. The predicted molar refractivity (Wildman–Crippen MR) is 118 cm³/mol. The maximum atomic E-state index is 13.6. The number of hydrogen-bond donors (Lipinski definition) is 0. The first-order valence-electron chi connectivity index (χ1n) is 10.7. The number of benzene rings is 3. The standard InChI is InChI=1S/C26H26F2N2O/c27-23-13-12-20(18-24(23)28)19-29-14-7-15-30(17-16-29)26(31)25(21-8-3-1-4-9-21)22-10-5-2-6-11-22/h1-6,8-13,18,25H,7,14-17,19H2. The molecule has 0 aromatic heterocycles. The summed E-state index contributed by atoms with van der Waals surface area (Å²) in [7, 11) is 0. The van der Waals surface area contributed by atoms with E-state index in [0.29, 0.717) is 26.2 Å². The third kappa shape index (κ3) is 5.17. The highest BCUT2D eigenvalue weighted by Gasteiger charge is 2.28. The SMILES string of the molecule is O=C(C(c1ccccc1)c1ccccc1)N1CCCN(Cc2ccc(F)c(F)c2)CC1. The second-order valence-electron chi connectivity index (χ2n) is 7.96. The maximum absolute atomic E-state index is 13.6. The van der Waals surface area contributed by atoms with Crippen molar-refractivity contribution < 1.29 is 13.6 Å². The molecule has 4 rings (SSSR count). The minimum atomic E-state index is -0.829. The van der Waals surface area contributed by atoms with Crippen LogP contribution in [0.15, 0.2) is 78.9 Å². The van der Waals surface area contributed by atoms with Crippen LogP contribution in [0.2, 0.25) is 0 Å². The summed E-state index contributed by atoms with van der Waals surface area (Å²) in [4.78, 5) is 17.8. The Labute approximate surface area is 181 Å². The lowest BCUT2D eigenvalue weighted by molar-refractivity contribution is -0.131. The van der Waals surface area contributed by atoms with E-state index in [2.05, 4.69) is 4.90 Å². The van der Waals surface area contributed by atoms with E-state index in [-0.39, 0.29) is 11.8 Å². The van der Waals surface area contributed by atoms with Crippen LogP contribution < -0.4 is 0 Å². The summed E-state index contributed by atoms with van der Waals surface area (Å²) in [5, 5.41) is 0. The largest absolute Gasteiger partial charge is 0.341 e. The van der Waals surface area contributed by atoms with Crippen LogP contribution in [0.3, 0.4) is 0 Å². The Morgan fingerprint density at radius 3 is 2.03 bits per heavy atom. The van der Waals surface area contributed by atoms with Gasteiger partial charge in [-0.3, -0.25) is 9.69 Å². The number of nitrogens with zero attached hydrogens (tertiary/aromatic N) is 2. The molecule has 3 nitrogen and oxygen atoms in total. The molecular formula is C26H26F2N2O. The second-order valence-corrected chi connectivity index (χ2v) is 7.96. The minimum Gasteiger partial charge on any atom is -0.341 e. The van der Waals surface area contributed by atoms with E-state index in [1.807, 2.05) is 65.6 Å². The van der Waals surface area contributed by atoms with E-state index in [1.165, 1.54) is 12.1 Å². The molecule has 3 aromatic rings. The Hall–Kier alpha value is -3.05. The van der Waals surface area contributed by atoms with E-state index in [0.717, 1.165) is 29.7 Å². The highest BCUT2D eigenvalue weighted by atomic mass is 19.2. The fraction of sp³-hybridized carbons (Fsp3) is 0.269. The van der Waals surface area contributed by atoms with Crippen molar-refractivity contribution in [2.75, 3.05) is 26.2 Å². The van der Waals surface area contributed by atoms with Gasteiger partial charge in [0.05, 0.1) is 5.92 Å². The molecule has 0 saturated carbocycles. The van der Waals surface area contributed by atoms with Crippen LogP contribution in [0.4, 0.5) is 8.78 Å². The Morgan fingerprint density at radius 2 is 1.42 bits per heavy atom. The molecule has 0 atom stereocenters. The van der Waals surface area contributed by atoms with E-state index in [9.17, 15) is 13.6 Å². The Kier molecular flexibility index (Phi) is 6.73. The van der Waals surface area contributed by atoms with Gasteiger partial charge < -0.3 is 4.90 Å². The van der Waals surface area contributed by atoms with E-state index >= 15 is 0 Å². The van der Waals surface area contributed by atoms with Crippen LogP contribution in [0.1, 0.15) is 29.0 Å². The average molecular weight is 421 g/mol. The summed E-state index contributed by atoms with van der Waals surface area (Å²) in [5.41, 5.74) is 2.72. The molecule has 1 saturated heterocycles. The molecule has 1 amide bonds. The van der Waals surface area contributed by atoms with Crippen molar-refractivity contribution in [2.24, 2.45) is 0 Å². The topological polar surface area (TPSA) is 23.6 Å². The number of halogens is 2. The number of hydrogen-bond acceptors (Lipinski definition) is 2. The normalized spacial score (nSPS) is 15.1. The third-order valence-corrected chi connectivity index (χ3v) is 5.80. The Balaban J connectivity index is 1.48. The predicted octanol–water partition coefficient (Wildman–Crippen LogP) is 4.83. The Bertz CT molecular complexity index is 971. The fourth-order valence-electron chi connectivity index (χ4n) is 4.20. The van der Waals surface area contributed by atoms with Gasteiger partial charge in [-0.25, -0.2) is 8.78 Å². The molecule has 3 aromatic carbocycles. The van der Waals surface area contributed by atoms with E-state index in [1.54, 1.807) is 6.07 Å². The molecule has 0 N–H and O–H groups in total. The van der Waals surface area contributed by atoms with Gasteiger partial charge in [0, 0.05) is 32.7 Å². The van der Waals surface area contributed by atoms with Gasteiger partial charge in [0.25, 0.3) is 0 Å². The first kappa shape index (κ1) is 21.2. The molecule has 0 spiro atoms. The molecule has 0 aliphatic carbocycles. The van der Waals surface area contributed by atoms with Crippen LogP contribution in [-0.4, -0.2) is 41.9 Å². The lowest BCUT2D eigenvalue weighted by Gasteiger charge is -2.27. The van der Waals surface area contributed by atoms with Gasteiger partial charge in [-0.05, 0) is 35.2 Å². The molecule has 5 heteroatoms. The minimum absolute atomic E-state index is 0.104. The van der Waals surface area contributed by atoms with E-state index < -0.39 is 11.6 Å². The summed E-state index contributed by atoms with van der Waals surface area (Å²) in [6.07, 6.45) is 0.839.